The molecule has 0 radical (unpaired) electrons. The van der Waals surface area contributed by atoms with Gasteiger partial charge in [0.15, 0.2) is 0 Å². The minimum atomic E-state index is 0.673. The number of pyridine rings is 1. The van der Waals surface area contributed by atoms with Crippen LogP contribution in [0.3, 0.4) is 0 Å². The SMILES string of the molecule is Cc1cccc(NCc2cccnc2)c1C#N. The minimum absolute atomic E-state index is 0.673. The zero-order chi connectivity index (χ0) is 12.1. The molecule has 2 aromatic rings. The van der Waals surface area contributed by atoms with Gasteiger partial charge in [0.25, 0.3) is 0 Å². The van der Waals surface area contributed by atoms with Crippen LogP contribution in [0.25, 0.3) is 0 Å². The first-order valence-corrected chi connectivity index (χ1v) is 5.44. The molecule has 17 heavy (non-hydrogen) atoms. The van der Waals surface area contributed by atoms with Crippen molar-refractivity contribution < 1.29 is 0 Å². The highest BCUT2D eigenvalue weighted by atomic mass is 14.9. The van der Waals surface area contributed by atoms with Gasteiger partial charge in [-0.2, -0.15) is 5.26 Å². The Labute approximate surface area is 101 Å². The molecule has 0 saturated heterocycles. The van der Waals surface area contributed by atoms with Crippen molar-refractivity contribution in [2.75, 3.05) is 5.32 Å². The summed E-state index contributed by atoms with van der Waals surface area (Å²) in [7, 11) is 0. The van der Waals surface area contributed by atoms with Crippen molar-refractivity contribution in [1.82, 2.24) is 4.98 Å². The smallest absolute Gasteiger partial charge is 0.102 e. The molecule has 3 nitrogen and oxygen atoms in total. The molecule has 0 amide bonds. The van der Waals surface area contributed by atoms with Gasteiger partial charge in [0, 0.05) is 18.9 Å². The van der Waals surface area contributed by atoms with Gasteiger partial charge in [-0.15, -0.1) is 0 Å². The van der Waals surface area contributed by atoms with Gasteiger partial charge < -0.3 is 5.32 Å². The van der Waals surface area contributed by atoms with E-state index in [0.717, 1.165) is 16.8 Å². The average molecular weight is 223 g/mol. The average Bonchev–Trinajstić information content (AvgIpc) is 2.37. The highest BCUT2D eigenvalue weighted by Gasteiger charge is 2.03. The summed E-state index contributed by atoms with van der Waals surface area (Å²) in [5, 5.41) is 12.4. The van der Waals surface area contributed by atoms with E-state index in [9.17, 15) is 0 Å². The summed E-state index contributed by atoms with van der Waals surface area (Å²) in [4.78, 5) is 4.05. The topological polar surface area (TPSA) is 48.7 Å². The number of rotatable bonds is 3. The second-order valence-electron chi connectivity index (χ2n) is 3.82. The lowest BCUT2D eigenvalue weighted by Gasteiger charge is -2.09. The molecule has 0 atom stereocenters. The summed E-state index contributed by atoms with van der Waals surface area (Å²) < 4.78 is 0. The number of hydrogen-bond acceptors (Lipinski definition) is 3. The quantitative estimate of drug-likeness (QED) is 0.870. The van der Waals surface area contributed by atoms with E-state index >= 15 is 0 Å². The highest BCUT2D eigenvalue weighted by Crippen LogP contribution is 2.18. The Bertz CT molecular complexity index is 541. The molecule has 3 heteroatoms. The Hall–Kier alpha value is -2.34. The van der Waals surface area contributed by atoms with Crippen LogP contribution in [0.5, 0.6) is 0 Å². The van der Waals surface area contributed by atoms with E-state index < -0.39 is 0 Å². The van der Waals surface area contributed by atoms with E-state index in [2.05, 4.69) is 16.4 Å². The summed E-state index contributed by atoms with van der Waals surface area (Å²) in [5.41, 5.74) is 3.66. The van der Waals surface area contributed by atoms with Crippen LogP contribution >= 0.6 is 0 Å². The lowest BCUT2D eigenvalue weighted by Crippen LogP contribution is -2.02. The van der Waals surface area contributed by atoms with Crippen molar-refractivity contribution in [3.05, 3.63) is 59.4 Å². The third kappa shape index (κ3) is 2.61. The lowest BCUT2D eigenvalue weighted by molar-refractivity contribution is 1.11. The Balaban J connectivity index is 2.15. The molecule has 0 spiro atoms. The second-order valence-corrected chi connectivity index (χ2v) is 3.82. The van der Waals surface area contributed by atoms with Crippen molar-refractivity contribution in [2.45, 2.75) is 13.5 Å². The van der Waals surface area contributed by atoms with Gasteiger partial charge in [-0.1, -0.05) is 18.2 Å². The zero-order valence-electron chi connectivity index (χ0n) is 9.64. The van der Waals surface area contributed by atoms with E-state index in [-0.39, 0.29) is 0 Å². The van der Waals surface area contributed by atoms with E-state index in [4.69, 9.17) is 5.26 Å². The number of nitrogens with zero attached hydrogens (tertiary/aromatic N) is 2. The first kappa shape index (κ1) is 11.2. The maximum absolute atomic E-state index is 9.09. The fourth-order valence-corrected chi connectivity index (χ4v) is 1.66. The largest absolute Gasteiger partial charge is 0.380 e. The normalized spacial score (nSPS) is 9.65. The van der Waals surface area contributed by atoms with Crippen LogP contribution in [0, 0.1) is 18.3 Å². The third-order valence-corrected chi connectivity index (χ3v) is 2.59. The van der Waals surface area contributed by atoms with Crippen molar-refractivity contribution >= 4 is 5.69 Å². The van der Waals surface area contributed by atoms with E-state index in [1.807, 2.05) is 43.5 Å². The number of hydrogen-bond donors (Lipinski definition) is 1. The Morgan fingerprint density at radius 2 is 2.18 bits per heavy atom. The van der Waals surface area contributed by atoms with Gasteiger partial charge in [-0.25, -0.2) is 0 Å². The predicted octanol–water partition coefficient (Wildman–Crippen LogP) is 2.87. The number of anilines is 1. The summed E-state index contributed by atoms with van der Waals surface area (Å²) in [6.07, 6.45) is 3.56. The molecule has 0 aliphatic carbocycles. The van der Waals surface area contributed by atoms with E-state index in [1.54, 1.807) is 6.20 Å². The Kier molecular flexibility index (Phi) is 3.37. The van der Waals surface area contributed by atoms with Gasteiger partial charge >= 0.3 is 0 Å². The van der Waals surface area contributed by atoms with Gasteiger partial charge in [0.1, 0.15) is 6.07 Å². The zero-order valence-corrected chi connectivity index (χ0v) is 9.64. The molecular weight excluding hydrogens is 210 g/mol. The maximum atomic E-state index is 9.09. The molecule has 0 fully saturated rings. The molecule has 0 aliphatic rings. The molecular formula is C14H13N3. The van der Waals surface area contributed by atoms with E-state index in [0.29, 0.717) is 12.1 Å². The fourth-order valence-electron chi connectivity index (χ4n) is 1.66. The van der Waals surface area contributed by atoms with Crippen molar-refractivity contribution in [3.63, 3.8) is 0 Å². The van der Waals surface area contributed by atoms with Crippen LogP contribution in [-0.2, 0) is 6.54 Å². The highest BCUT2D eigenvalue weighted by molar-refractivity contribution is 5.60. The molecule has 0 saturated carbocycles. The monoisotopic (exact) mass is 223 g/mol. The number of nitrogens with one attached hydrogen (secondary N) is 1. The maximum Gasteiger partial charge on any atom is 0.102 e. The van der Waals surface area contributed by atoms with Gasteiger partial charge in [-0.05, 0) is 30.2 Å². The third-order valence-electron chi connectivity index (χ3n) is 2.59. The van der Waals surface area contributed by atoms with Gasteiger partial charge in [0.2, 0.25) is 0 Å². The molecule has 84 valence electrons. The Morgan fingerprint density at radius 3 is 2.88 bits per heavy atom. The number of nitriles is 1. The standard InChI is InChI=1S/C14H13N3/c1-11-4-2-6-14(13(11)8-15)17-10-12-5-3-7-16-9-12/h2-7,9,17H,10H2,1H3. The van der Waals surface area contributed by atoms with Gasteiger partial charge in [-0.3, -0.25) is 4.98 Å². The van der Waals surface area contributed by atoms with Crippen molar-refractivity contribution in [1.29, 1.82) is 5.26 Å². The van der Waals surface area contributed by atoms with Gasteiger partial charge in [0.05, 0.1) is 11.3 Å². The molecule has 1 aromatic heterocycles. The first-order valence-electron chi connectivity index (χ1n) is 5.44. The fraction of sp³-hybridized carbons (Fsp3) is 0.143. The Morgan fingerprint density at radius 1 is 1.29 bits per heavy atom. The molecule has 1 N–H and O–H groups in total. The summed E-state index contributed by atoms with van der Waals surface area (Å²) in [6, 6.07) is 11.9. The molecule has 0 bridgehead atoms. The second kappa shape index (κ2) is 5.13. The number of benzene rings is 1. The summed E-state index contributed by atoms with van der Waals surface area (Å²) >= 11 is 0. The van der Waals surface area contributed by atoms with Crippen LogP contribution in [0.15, 0.2) is 42.7 Å². The molecule has 1 aromatic carbocycles. The summed E-state index contributed by atoms with van der Waals surface area (Å²) in [6.45, 7) is 2.61. The van der Waals surface area contributed by atoms with Crippen molar-refractivity contribution in [2.24, 2.45) is 0 Å². The number of aryl methyl sites for hydroxylation is 1. The molecule has 2 rings (SSSR count). The molecule has 0 aliphatic heterocycles. The lowest BCUT2D eigenvalue weighted by atomic mass is 10.1. The van der Waals surface area contributed by atoms with Crippen LogP contribution in [0.4, 0.5) is 5.69 Å². The predicted molar refractivity (Wildman–Crippen MR) is 67.5 cm³/mol. The van der Waals surface area contributed by atoms with Crippen LogP contribution < -0.4 is 5.32 Å². The van der Waals surface area contributed by atoms with Crippen molar-refractivity contribution in [3.8, 4) is 6.07 Å². The number of aromatic nitrogens is 1. The minimum Gasteiger partial charge on any atom is -0.380 e. The van der Waals surface area contributed by atoms with Crippen LogP contribution in [0.2, 0.25) is 0 Å². The summed E-state index contributed by atoms with van der Waals surface area (Å²) in [5.74, 6) is 0. The molecule has 1 heterocycles. The molecule has 0 unspecified atom stereocenters. The first-order chi connectivity index (χ1) is 8.31. The van der Waals surface area contributed by atoms with Crippen LogP contribution in [0.1, 0.15) is 16.7 Å². The van der Waals surface area contributed by atoms with Crippen LogP contribution in [-0.4, -0.2) is 4.98 Å². The van der Waals surface area contributed by atoms with E-state index in [1.165, 1.54) is 0 Å².